The van der Waals surface area contributed by atoms with Crippen LogP contribution in [0.15, 0.2) is 0 Å². The Morgan fingerprint density at radius 2 is 0.466 bits per heavy atom. The first-order chi connectivity index (χ1) is 49.7. The summed E-state index contributed by atoms with van der Waals surface area (Å²) in [5.74, 6) is 1.05. The number of phosphoric acid groups is 2. The van der Waals surface area contributed by atoms with Crippen LogP contribution in [-0.4, -0.2) is 96.7 Å². The van der Waals surface area contributed by atoms with Crippen LogP contribution in [0.2, 0.25) is 0 Å². The molecule has 3 N–H and O–H groups in total. The molecule has 612 valence electrons. The van der Waals surface area contributed by atoms with Crippen molar-refractivity contribution in [2.75, 3.05) is 39.6 Å². The van der Waals surface area contributed by atoms with Gasteiger partial charge in [0, 0.05) is 25.7 Å². The highest BCUT2D eigenvalue weighted by molar-refractivity contribution is 7.47. The highest BCUT2D eigenvalue weighted by Gasteiger charge is 2.30. The Labute approximate surface area is 632 Å². The minimum Gasteiger partial charge on any atom is -0.462 e. The lowest BCUT2D eigenvalue weighted by molar-refractivity contribution is -0.161. The second-order valence-electron chi connectivity index (χ2n) is 31.7. The van der Waals surface area contributed by atoms with E-state index in [1.807, 2.05) is 0 Å². The van der Waals surface area contributed by atoms with Crippen LogP contribution >= 0.6 is 15.6 Å². The number of hydrogen-bond donors (Lipinski definition) is 3. The van der Waals surface area contributed by atoms with Gasteiger partial charge in [0.2, 0.25) is 0 Å². The Balaban J connectivity index is 5.21. The van der Waals surface area contributed by atoms with E-state index in [0.717, 1.165) is 120 Å². The molecule has 0 aliphatic heterocycles. The third-order valence-electron chi connectivity index (χ3n) is 20.3. The maximum atomic E-state index is 13.1. The van der Waals surface area contributed by atoms with Gasteiger partial charge in [-0.1, -0.05) is 383 Å². The average Bonchev–Trinajstić information content (AvgIpc) is 0.929. The summed E-state index contributed by atoms with van der Waals surface area (Å²) in [4.78, 5) is 73.1. The minimum absolute atomic E-state index is 0.105. The molecule has 0 fully saturated rings. The summed E-state index contributed by atoms with van der Waals surface area (Å²) in [7, 11) is -9.93. The van der Waals surface area contributed by atoms with Gasteiger partial charge in [-0.2, -0.15) is 0 Å². The van der Waals surface area contributed by atoms with Gasteiger partial charge in [0.25, 0.3) is 0 Å². The summed E-state index contributed by atoms with van der Waals surface area (Å²) >= 11 is 0. The molecule has 0 heterocycles. The summed E-state index contributed by atoms with van der Waals surface area (Å²) in [6, 6.07) is 0. The Bertz CT molecular complexity index is 2010. The van der Waals surface area contributed by atoms with Crippen LogP contribution < -0.4 is 0 Å². The smallest absolute Gasteiger partial charge is 0.462 e. The first kappa shape index (κ1) is 101. The summed E-state index contributed by atoms with van der Waals surface area (Å²) in [5, 5.41) is 10.7. The van der Waals surface area contributed by atoms with Crippen molar-refractivity contribution in [2.45, 2.75) is 453 Å². The molecule has 0 aliphatic carbocycles. The second kappa shape index (κ2) is 72.9. The number of unbranched alkanes of at least 4 members (excludes halogenated alkanes) is 45. The zero-order valence-electron chi connectivity index (χ0n) is 68.0. The molecular formula is C84H164O17P2. The fourth-order valence-corrected chi connectivity index (χ4v) is 14.5. The molecule has 0 radical (unpaired) electrons. The lowest BCUT2D eigenvalue weighted by Crippen LogP contribution is -2.30. The molecule has 0 spiro atoms. The fraction of sp³-hybridized carbons (Fsp3) is 0.952. The SMILES string of the molecule is CCC(C)CCCCCCCCCCCCCCCCCCCCC(=O)OC[C@H](COP(=O)(O)OC[C@@H](O)COP(=O)(O)OC[C@@H](COC(=O)CCCCCCCCC(C)CC)OC(=O)CCCCCCCCCCCCC(C)C)OC(=O)CCCCCCCCCCCCCCCCCC(C)C. The molecular weight excluding hydrogens is 1340 g/mol. The van der Waals surface area contributed by atoms with E-state index in [-0.39, 0.29) is 25.7 Å². The summed E-state index contributed by atoms with van der Waals surface area (Å²) in [6.45, 7) is 14.3. The van der Waals surface area contributed by atoms with Gasteiger partial charge in [0.1, 0.15) is 19.3 Å². The number of carbonyl (C=O) groups is 4. The van der Waals surface area contributed by atoms with E-state index in [4.69, 9.17) is 37.0 Å². The predicted octanol–water partition coefficient (Wildman–Crippen LogP) is 25.2. The minimum atomic E-state index is -4.97. The van der Waals surface area contributed by atoms with E-state index in [1.54, 1.807) is 0 Å². The molecule has 7 atom stereocenters. The number of esters is 4. The third-order valence-corrected chi connectivity index (χ3v) is 22.2. The number of carbonyl (C=O) groups excluding carboxylic acids is 4. The lowest BCUT2D eigenvalue weighted by Gasteiger charge is -2.21. The van der Waals surface area contributed by atoms with Crippen LogP contribution in [0.3, 0.4) is 0 Å². The van der Waals surface area contributed by atoms with E-state index in [2.05, 4.69) is 55.4 Å². The van der Waals surface area contributed by atoms with Gasteiger partial charge in [-0.05, 0) is 49.4 Å². The van der Waals surface area contributed by atoms with E-state index < -0.39 is 97.5 Å². The molecule has 0 amide bonds. The van der Waals surface area contributed by atoms with E-state index in [9.17, 15) is 43.2 Å². The van der Waals surface area contributed by atoms with Gasteiger partial charge in [0.05, 0.1) is 26.4 Å². The van der Waals surface area contributed by atoms with Crippen LogP contribution in [0, 0.1) is 23.7 Å². The van der Waals surface area contributed by atoms with Gasteiger partial charge in [-0.3, -0.25) is 37.3 Å². The first-order valence-corrected chi connectivity index (χ1v) is 46.3. The van der Waals surface area contributed by atoms with Gasteiger partial charge in [-0.15, -0.1) is 0 Å². The van der Waals surface area contributed by atoms with Gasteiger partial charge < -0.3 is 33.8 Å². The normalized spacial score (nSPS) is 14.5. The van der Waals surface area contributed by atoms with Crippen molar-refractivity contribution in [2.24, 2.45) is 23.7 Å². The molecule has 0 saturated carbocycles. The molecule has 0 aromatic heterocycles. The topological polar surface area (TPSA) is 237 Å². The monoisotopic (exact) mass is 1510 g/mol. The standard InChI is InChI=1S/C84H164O17P2/c1-9-76(7)62-54-46-38-32-25-21-17-13-11-12-14-18-22-26-33-39-48-56-64-81(86)94-70-79(100-83(88)66-58-50-40-34-27-23-19-15-16-20-24-30-36-44-52-60-74(3)4)72-98-102(90,91)96-68-78(85)69-97-103(92,93)99-73-80(71-95-82(87)65-57-49-43-42-47-55-63-77(8)10-2)101-84(89)67-59-51-41-35-29-28-31-37-45-53-61-75(5)6/h74-80,85H,9-73H2,1-8H3,(H,90,91)(H,92,93)/t76?,77?,78-,79-,80-/m1/s1. The number of hydrogen-bond acceptors (Lipinski definition) is 15. The lowest BCUT2D eigenvalue weighted by atomic mass is 9.99. The molecule has 19 heteroatoms. The summed E-state index contributed by atoms with van der Waals surface area (Å²) in [5.41, 5.74) is 0. The maximum absolute atomic E-state index is 13.1. The van der Waals surface area contributed by atoms with E-state index in [0.29, 0.717) is 25.7 Å². The molecule has 0 aromatic carbocycles. The largest absolute Gasteiger partial charge is 0.472 e. The number of phosphoric ester groups is 2. The molecule has 0 rings (SSSR count). The van der Waals surface area contributed by atoms with Crippen molar-refractivity contribution < 1.29 is 80.2 Å². The number of aliphatic hydroxyl groups is 1. The molecule has 0 bridgehead atoms. The molecule has 0 aliphatic rings. The highest BCUT2D eigenvalue weighted by atomic mass is 31.2. The zero-order chi connectivity index (χ0) is 76.0. The van der Waals surface area contributed by atoms with E-state index >= 15 is 0 Å². The molecule has 103 heavy (non-hydrogen) atoms. The van der Waals surface area contributed by atoms with Gasteiger partial charge in [0.15, 0.2) is 12.2 Å². The van der Waals surface area contributed by atoms with Crippen LogP contribution in [0.4, 0.5) is 0 Å². The van der Waals surface area contributed by atoms with Crippen molar-refractivity contribution in [3.8, 4) is 0 Å². The van der Waals surface area contributed by atoms with Gasteiger partial charge in [-0.25, -0.2) is 9.13 Å². The van der Waals surface area contributed by atoms with Crippen molar-refractivity contribution in [1.82, 2.24) is 0 Å². The van der Waals surface area contributed by atoms with Crippen molar-refractivity contribution in [3.05, 3.63) is 0 Å². The van der Waals surface area contributed by atoms with Crippen LogP contribution in [0.5, 0.6) is 0 Å². The van der Waals surface area contributed by atoms with Crippen molar-refractivity contribution >= 4 is 39.5 Å². The van der Waals surface area contributed by atoms with Crippen LogP contribution in [-0.2, 0) is 65.4 Å². The number of ether oxygens (including phenoxy) is 4. The Morgan fingerprint density at radius 3 is 0.689 bits per heavy atom. The fourth-order valence-electron chi connectivity index (χ4n) is 12.9. The first-order valence-electron chi connectivity index (χ1n) is 43.3. The second-order valence-corrected chi connectivity index (χ2v) is 34.6. The highest BCUT2D eigenvalue weighted by Crippen LogP contribution is 2.45. The maximum Gasteiger partial charge on any atom is 0.472 e. The zero-order valence-corrected chi connectivity index (χ0v) is 69.7. The van der Waals surface area contributed by atoms with E-state index in [1.165, 1.54) is 231 Å². The number of aliphatic hydroxyl groups excluding tert-OH is 1. The van der Waals surface area contributed by atoms with Crippen LogP contribution in [0.1, 0.15) is 434 Å². The van der Waals surface area contributed by atoms with Crippen molar-refractivity contribution in [1.29, 1.82) is 0 Å². The summed E-state index contributed by atoms with van der Waals surface area (Å²) < 4.78 is 68.8. The third kappa shape index (κ3) is 75.3. The number of rotatable bonds is 81. The molecule has 17 nitrogen and oxygen atoms in total. The Hall–Kier alpha value is -1.94. The summed E-state index contributed by atoms with van der Waals surface area (Å²) in [6.07, 6.45) is 61.2. The quantitative estimate of drug-likeness (QED) is 0.0222. The van der Waals surface area contributed by atoms with Crippen molar-refractivity contribution in [3.63, 3.8) is 0 Å². The molecule has 4 unspecified atom stereocenters. The van der Waals surface area contributed by atoms with Gasteiger partial charge >= 0.3 is 39.5 Å². The predicted molar refractivity (Wildman–Crippen MR) is 423 cm³/mol. The Morgan fingerprint density at radius 1 is 0.272 bits per heavy atom. The molecule has 0 aromatic rings. The molecule has 0 saturated heterocycles. The Kier molecular flexibility index (Phi) is 71.5. The van der Waals surface area contributed by atoms with Crippen LogP contribution in [0.25, 0.3) is 0 Å². The average molecular weight is 1510 g/mol.